The van der Waals surface area contributed by atoms with E-state index in [4.69, 9.17) is 9.47 Å². The van der Waals surface area contributed by atoms with Gasteiger partial charge in [0.25, 0.3) is 0 Å². The SMILES string of the molecule is COc1ccc(-c2nc3cnccn3c2NC[C@@H]2CCCO2)cc1O. The molecule has 25 heavy (non-hydrogen) atoms. The Bertz CT molecular complexity index is 887. The molecule has 0 aliphatic carbocycles. The number of hydrogen-bond acceptors (Lipinski definition) is 6. The third kappa shape index (κ3) is 2.98. The third-order valence-electron chi connectivity index (χ3n) is 4.40. The number of aromatic hydroxyl groups is 1. The second-order valence-electron chi connectivity index (χ2n) is 6.02. The average molecular weight is 340 g/mol. The Kier molecular flexibility index (Phi) is 4.15. The Morgan fingerprint density at radius 2 is 2.36 bits per heavy atom. The zero-order valence-electron chi connectivity index (χ0n) is 14.0. The summed E-state index contributed by atoms with van der Waals surface area (Å²) in [5.74, 6) is 1.38. The molecule has 0 unspecified atom stereocenters. The van der Waals surface area contributed by atoms with E-state index in [0.29, 0.717) is 12.3 Å². The molecule has 2 N–H and O–H groups in total. The van der Waals surface area contributed by atoms with Crippen molar-refractivity contribution < 1.29 is 14.6 Å². The largest absolute Gasteiger partial charge is 0.504 e. The zero-order chi connectivity index (χ0) is 17.2. The molecule has 1 atom stereocenters. The summed E-state index contributed by atoms with van der Waals surface area (Å²) >= 11 is 0. The van der Waals surface area contributed by atoms with E-state index in [1.807, 2.05) is 16.7 Å². The predicted octanol–water partition coefficient (Wildman–Crippen LogP) is 2.70. The van der Waals surface area contributed by atoms with Gasteiger partial charge in [0.1, 0.15) is 11.5 Å². The molecule has 1 aliphatic heterocycles. The number of phenols is 1. The van der Waals surface area contributed by atoms with Gasteiger partial charge in [-0.25, -0.2) is 4.98 Å². The van der Waals surface area contributed by atoms with E-state index in [-0.39, 0.29) is 11.9 Å². The molecule has 1 saturated heterocycles. The van der Waals surface area contributed by atoms with Crippen molar-refractivity contribution in [2.75, 3.05) is 25.6 Å². The van der Waals surface area contributed by atoms with Gasteiger partial charge >= 0.3 is 0 Å². The molecule has 7 heteroatoms. The number of imidazole rings is 1. The number of hydrogen-bond donors (Lipinski definition) is 2. The number of aromatic nitrogens is 3. The first kappa shape index (κ1) is 15.7. The first-order chi connectivity index (χ1) is 12.3. The first-order valence-electron chi connectivity index (χ1n) is 8.31. The molecule has 3 heterocycles. The minimum absolute atomic E-state index is 0.0836. The second kappa shape index (κ2) is 6.60. The number of rotatable bonds is 5. The van der Waals surface area contributed by atoms with Gasteiger partial charge in [-0.3, -0.25) is 9.38 Å². The molecule has 0 radical (unpaired) electrons. The number of fused-ring (bicyclic) bond motifs is 1. The molecule has 4 rings (SSSR count). The molecule has 1 aromatic carbocycles. The number of methoxy groups -OCH3 is 1. The maximum absolute atomic E-state index is 10.1. The molecule has 130 valence electrons. The van der Waals surface area contributed by atoms with Gasteiger partial charge in [0.15, 0.2) is 17.1 Å². The van der Waals surface area contributed by atoms with Crippen molar-refractivity contribution in [3.05, 3.63) is 36.8 Å². The van der Waals surface area contributed by atoms with Crippen LogP contribution in [0.1, 0.15) is 12.8 Å². The van der Waals surface area contributed by atoms with Crippen LogP contribution in [-0.2, 0) is 4.74 Å². The fourth-order valence-corrected chi connectivity index (χ4v) is 3.13. The van der Waals surface area contributed by atoms with Crippen molar-refractivity contribution in [1.29, 1.82) is 0 Å². The van der Waals surface area contributed by atoms with Gasteiger partial charge in [-0.15, -0.1) is 0 Å². The lowest BCUT2D eigenvalue weighted by atomic mass is 10.1. The van der Waals surface area contributed by atoms with Crippen molar-refractivity contribution in [3.8, 4) is 22.8 Å². The fraction of sp³-hybridized carbons (Fsp3) is 0.333. The molecule has 0 spiro atoms. The summed E-state index contributed by atoms with van der Waals surface area (Å²) in [5, 5.41) is 13.6. The van der Waals surface area contributed by atoms with Crippen molar-refractivity contribution in [3.63, 3.8) is 0 Å². The van der Waals surface area contributed by atoms with Gasteiger partial charge in [-0.1, -0.05) is 0 Å². The predicted molar refractivity (Wildman–Crippen MR) is 94.1 cm³/mol. The second-order valence-corrected chi connectivity index (χ2v) is 6.02. The lowest BCUT2D eigenvalue weighted by Crippen LogP contribution is -2.19. The topological polar surface area (TPSA) is 80.9 Å². The van der Waals surface area contributed by atoms with E-state index >= 15 is 0 Å². The molecule has 0 saturated carbocycles. The van der Waals surface area contributed by atoms with Crippen LogP contribution in [0.15, 0.2) is 36.8 Å². The van der Waals surface area contributed by atoms with Crippen LogP contribution in [0, 0.1) is 0 Å². The smallest absolute Gasteiger partial charge is 0.160 e. The Hall–Kier alpha value is -2.80. The lowest BCUT2D eigenvalue weighted by Gasteiger charge is -2.13. The number of ether oxygens (including phenoxy) is 2. The number of benzene rings is 1. The van der Waals surface area contributed by atoms with Gasteiger partial charge in [-0.2, -0.15) is 0 Å². The van der Waals surface area contributed by atoms with Crippen LogP contribution >= 0.6 is 0 Å². The highest BCUT2D eigenvalue weighted by Gasteiger charge is 2.19. The fourth-order valence-electron chi connectivity index (χ4n) is 3.13. The highest BCUT2D eigenvalue weighted by molar-refractivity contribution is 5.77. The van der Waals surface area contributed by atoms with Crippen molar-refractivity contribution in [2.24, 2.45) is 0 Å². The van der Waals surface area contributed by atoms with Gasteiger partial charge in [0.05, 0.1) is 19.4 Å². The monoisotopic (exact) mass is 340 g/mol. The summed E-state index contributed by atoms with van der Waals surface area (Å²) in [5.41, 5.74) is 2.29. The lowest BCUT2D eigenvalue weighted by molar-refractivity contribution is 0.120. The van der Waals surface area contributed by atoms with Crippen LogP contribution in [-0.4, -0.2) is 45.8 Å². The number of nitrogens with one attached hydrogen (secondary N) is 1. The van der Waals surface area contributed by atoms with E-state index in [2.05, 4.69) is 15.3 Å². The molecule has 2 aromatic heterocycles. The van der Waals surface area contributed by atoms with Crippen molar-refractivity contribution in [1.82, 2.24) is 14.4 Å². The molecule has 0 amide bonds. The van der Waals surface area contributed by atoms with Crippen LogP contribution in [0.4, 0.5) is 5.82 Å². The quantitative estimate of drug-likeness (QED) is 0.743. The Morgan fingerprint density at radius 3 is 3.12 bits per heavy atom. The summed E-state index contributed by atoms with van der Waals surface area (Å²) in [4.78, 5) is 8.81. The maximum Gasteiger partial charge on any atom is 0.160 e. The van der Waals surface area contributed by atoms with Crippen molar-refractivity contribution >= 4 is 11.5 Å². The maximum atomic E-state index is 10.1. The molecule has 3 aromatic rings. The highest BCUT2D eigenvalue weighted by Crippen LogP contribution is 2.34. The Balaban J connectivity index is 1.74. The van der Waals surface area contributed by atoms with Gasteiger partial charge in [0.2, 0.25) is 0 Å². The van der Waals surface area contributed by atoms with Crippen molar-refractivity contribution in [2.45, 2.75) is 18.9 Å². The van der Waals surface area contributed by atoms with E-state index in [1.54, 1.807) is 24.5 Å². The van der Waals surface area contributed by atoms with Crippen LogP contribution < -0.4 is 10.1 Å². The molecule has 1 fully saturated rings. The zero-order valence-corrected chi connectivity index (χ0v) is 14.0. The minimum Gasteiger partial charge on any atom is -0.504 e. The highest BCUT2D eigenvalue weighted by atomic mass is 16.5. The standard InChI is InChI=1S/C18H20N4O3/c1-24-15-5-4-12(9-14(15)23)17-18(20-10-13-3-2-8-25-13)22-7-6-19-11-16(22)21-17/h4-7,9,11,13,20,23H,2-3,8,10H2,1H3/t13-/m0/s1. The minimum atomic E-state index is 0.0836. The summed E-state index contributed by atoms with van der Waals surface area (Å²) in [6.45, 7) is 1.54. The molecular formula is C18H20N4O3. The van der Waals surface area contributed by atoms with E-state index in [1.165, 1.54) is 7.11 Å². The van der Waals surface area contributed by atoms with E-state index in [9.17, 15) is 5.11 Å². The van der Waals surface area contributed by atoms with Gasteiger partial charge in [-0.05, 0) is 31.0 Å². The van der Waals surface area contributed by atoms with Crippen LogP contribution in [0.2, 0.25) is 0 Å². The number of nitrogens with zero attached hydrogens (tertiary/aromatic N) is 3. The molecule has 0 bridgehead atoms. The van der Waals surface area contributed by atoms with Crippen LogP contribution in [0.3, 0.4) is 0 Å². The Morgan fingerprint density at radius 1 is 1.44 bits per heavy atom. The summed E-state index contributed by atoms with van der Waals surface area (Å²) in [7, 11) is 1.53. The average Bonchev–Trinajstić information content (AvgIpc) is 3.27. The number of phenolic OH excluding ortho intramolecular Hbond substituents is 1. The number of anilines is 1. The molecule has 7 nitrogen and oxygen atoms in total. The summed E-state index contributed by atoms with van der Waals surface area (Å²) in [6.07, 6.45) is 7.68. The molecular weight excluding hydrogens is 320 g/mol. The van der Waals surface area contributed by atoms with E-state index < -0.39 is 0 Å². The Labute approximate surface area is 145 Å². The van der Waals surface area contributed by atoms with Gasteiger partial charge in [0, 0.05) is 31.1 Å². The molecule has 1 aliphatic rings. The summed E-state index contributed by atoms with van der Waals surface area (Å²) in [6, 6.07) is 5.27. The van der Waals surface area contributed by atoms with Crippen LogP contribution in [0.25, 0.3) is 16.9 Å². The normalized spacial score (nSPS) is 17.1. The summed E-state index contributed by atoms with van der Waals surface area (Å²) < 4.78 is 12.8. The van der Waals surface area contributed by atoms with E-state index in [0.717, 1.165) is 42.2 Å². The van der Waals surface area contributed by atoms with Gasteiger partial charge < -0.3 is 19.9 Å². The third-order valence-corrected chi connectivity index (χ3v) is 4.40. The first-order valence-corrected chi connectivity index (χ1v) is 8.31. The van der Waals surface area contributed by atoms with Crippen LogP contribution in [0.5, 0.6) is 11.5 Å².